The number of carbonyl (C=O) groups excluding carboxylic acids is 1. The van der Waals surface area contributed by atoms with Crippen molar-refractivity contribution in [1.29, 1.82) is 0 Å². The van der Waals surface area contributed by atoms with Crippen LogP contribution in [0.15, 0.2) is 28.0 Å². The maximum atomic E-state index is 12.0. The van der Waals surface area contributed by atoms with Crippen LogP contribution in [0, 0.1) is 0 Å². The molecule has 0 fully saturated rings. The lowest BCUT2D eigenvalue weighted by atomic mass is 10.2. The summed E-state index contributed by atoms with van der Waals surface area (Å²) in [5.41, 5.74) is 0.486. The van der Waals surface area contributed by atoms with Crippen LogP contribution in [-0.4, -0.2) is 14.2 Å². The van der Waals surface area contributed by atoms with Crippen LogP contribution in [0.2, 0.25) is 5.02 Å². The molecule has 1 aliphatic rings. The van der Waals surface area contributed by atoms with Crippen molar-refractivity contribution in [3.63, 3.8) is 0 Å². The summed E-state index contributed by atoms with van der Waals surface area (Å²) in [5, 5.41) is 0.389. The molecule has 84 valence electrons. The predicted molar refractivity (Wildman–Crippen MR) is 61.9 cm³/mol. The number of ketones is 1. The van der Waals surface area contributed by atoms with Gasteiger partial charge < -0.3 is 0 Å². The number of halogens is 1. The van der Waals surface area contributed by atoms with E-state index in [1.807, 2.05) is 0 Å². The van der Waals surface area contributed by atoms with Gasteiger partial charge in [-0.05, 0) is 25.1 Å². The van der Waals surface area contributed by atoms with Gasteiger partial charge in [0.1, 0.15) is 5.78 Å². The average molecular weight is 257 g/mol. The largest absolute Gasteiger partial charge is 0.300 e. The van der Waals surface area contributed by atoms with Gasteiger partial charge in [-0.1, -0.05) is 17.7 Å². The van der Waals surface area contributed by atoms with Crippen molar-refractivity contribution in [2.75, 3.05) is 0 Å². The molecule has 0 amide bonds. The van der Waals surface area contributed by atoms with E-state index in [0.29, 0.717) is 10.6 Å². The van der Waals surface area contributed by atoms with Gasteiger partial charge in [0.05, 0.1) is 9.80 Å². The highest BCUT2D eigenvalue weighted by Gasteiger charge is 2.31. The Morgan fingerprint density at radius 1 is 1.38 bits per heavy atom. The summed E-state index contributed by atoms with van der Waals surface area (Å²) in [6.45, 7) is 1.36. The Bertz CT molecular complexity index is 600. The number of rotatable bonds is 2. The number of hydrogen-bond acceptors (Lipinski definition) is 3. The molecular weight excluding hydrogens is 248 g/mol. The van der Waals surface area contributed by atoms with Gasteiger partial charge in [-0.25, -0.2) is 8.42 Å². The monoisotopic (exact) mass is 256 g/mol. The molecule has 0 unspecified atom stereocenters. The number of benzene rings is 1. The highest BCUT2D eigenvalue weighted by Crippen LogP contribution is 2.37. The molecule has 1 aromatic rings. The van der Waals surface area contributed by atoms with Crippen molar-refractivity contribution in [2.24, 2.45) is 0 Å². The summed E-state index contributed by atoms with van der Waals surface area (Å²) in [4.78, 5) is 11.3. The zero-order valence-corrected chi connectivity index (χ0v) is 10.1. The van der Waals surface area contributed by atoms with E-state index < -0.39 is 9.84 Å². The standard InChI is InChI=1S/C11H9ClO3S/c1-7(13)5-8-6-9-10(12)3-2-4-11(9)16(8,14)15/h2-4,6H,5H2,1H3. The van der Waals surface area contributed by atoms with Crippen LogP contribution in [0.3, 0.4) is 0 Å². The van der Waals surface area contributed by atoms with Gasteiger partial charge in [0.2, 0.25) is 9.84 Å². The molecule has 3 nitrogen and oxygen atoms in total. The van der Waals surface area contributed by atoms with Crippen molar-refractivity contribution >= 4 is 33.3 Å². The Labute approximate surface area is 98.7 Å². The fraction of sp³-hybridized carbons (Fsp3) is 0.182. The van der Waals surface area contributed by atoms with E-state index in [1.165, 1.54) is 19.1 Å². The summed E-state index contributed by atoms with van der Waals surface area (Å²) >= 11 is 5.90. The molecule has 0 saturated heterocycles. The van der Waals surface area contributed by atoms with E-state index in [1.54, 1.807) is 12.1 Å². The molecule has 5 heteroatoms. The van der Waals surface area contributed by atoms with Crippen LogP contribution in [0.4, 0.5) is 0 Å². The first-order valence-corrected chi connectivity index (χ1v) is 6.52. The quantitative estimate of drug-likeness (QED) is 0.817. The maximum absolute atomic E-state index is 12.0. The van der Waals surface area contributed by atoms with Crippen LogP contribution >= 0.6 is 11.6 Å². The molecule has 0 spiro atoms. The average Bonchev–Trinajstić information content (AvgIpc) is 2.41. The number of hydrogen-bond donors (Lipinski definition) is 0. The number of Topliss-reactive ketones (excluding diaryl/α,β-unsaturated/α-hetero) is 1. The first-order chi connectivity index (χ1) is 7.43. The first kappa shape index (κ1) is 11.4. The zero-order valence-electron chi connectivity index (χ0n) is 8.53. The maximum Gasteiger partial charge on any atom is 0.203 e. The Hall–Kier alpha value is -1.13. The van der Waals surface area contributed by atoms with Crippen molar-refractivity contribution in [3.05, 3.63) is 33.7 Å². The minimum atomic E-state index is -3.51. The van der Waals surface area contributed by atoms with Crippen molar-refractivity contribution in [1.82, 2.24) is 0 Å². The fourth-order valence-electron chi connectivity index (χ4n) is 1.66. The Morgan fingerprint density at radius 2 is 2.06 bits per heavy atom. The highest BCUT2D eigenvalue weighted by atomic mass is 35.5. The molecule has 0 saturated carbocycles. The molecule has 0 aromatic heterocycles. The summed E-state index contributed by atoms with van der Waals surface area (Å²) < 4.78 is 24.0. The topological polar surface area (TPSA) is 51.2 Å². The Kier molecular flexibility index (Phi) is 2.64. The summed E-state index contributed by atoms with van der Waals surface area (Å²) in [6.07, 6.45) is 1.40. The SMILES string of the molecule is CC(=O)CC1=Cc2c(Cl)cccc2S1(=O)=O. The van der Waals surface area contributed by atoms with Crippen molar-refractivity contribution in [3.8, 4) is 0 Å². The van der Waals surface area contributed by atoms with Crippen LogP contribution < -0.4 is 0 Å². The minimum Gasteiger partial charge on any atom is -0.300 e. The number of fused-ring (bicyclic) bond motifs is 1. The third-order valence-electron chi connectivity index (χ3n) is 2.38. The summed E-state index contributed by atoms with van der Waals surface area (Å²) in [7, 11) is -3.51. The van der Waals surface area contributed by atoms with E-state index in [-0.39, 0.29) is 22.0 Å². The number of allylic oxidation sites excluding steroid dienone is 1. The van der Waals surface area contributed by atoms with Gasteiger partial charge in [-0.2, -0.15) is 0 Å². The van der Waals surface area contributed by atoms with E-state index in [9.17, 15) is 13.2 Å². The number of sulfone groups is 1. The van der Waals surface area contributed by atoms with Gasteiger partial charge >= 0.3 is 0 Å². The molecule has 0 N–H and O–H groups in total. The van der Waals surface area contributed by atoms with Crippen LogP contribution in [0.1, 0.15) is 18.9 Å². The van der Waals surface area contributed by atoms with Crippen LogP contribution in [0.25, 0.3) is 6.08 Å². The molecule has 2 rings (SSSR count). The van der Waals surface area contributed by atoms with E-state index in [2.05, 4.69) is 0 Å². The molecule has 0 aliphatic carbocycles. The van der Waals surface area contributed by atoms with Gasteiger partial charge in [-0.3, -0.25) is 4.79 Å². The normalized spacial score (nSPS) is 16.8. The lowest BCUT2D eigenvalue weighted by molar-refractivity contribution is -0.116. The Balaban J connectivity index is 2.61. The third-order valence-corrected chi connectivity index (χ3v) is 4.59. The molecular formula is C11H9ClO3S. The van der Waals surface area contributed by atoms with Gasteiger partial charge in [0.15, 0.2) is 0 Å². The van der Waals surface area contributed by atoms with Crippen LogP contribution in [0.5, 0.6) is 0 Å². The lowest BCUT2D eigenvalue weighted by Crippen LogP contribution is -2.04. The van der Waals surface area contributed by atoms with Crippen molar-refractivity contribution in [2.45, 2.75) is 18.2 Å². The zero-order chi connectivity index (χ0) is 11.9. The summed E-state index contributed by atoms with van der Waals surface area (Å²) in [6, 6.07) is 4.71. The molecule has 1 aromatic carbocycles. The molecule has 1 heterocycles. The van der Waals surface area contributed by atoms with E-state index >= 15 is 0 Å². The van der Waals surface area contributed by atoms with Gasteiger partial charge in [0, 0.05) is 17.0 Å². The second-order valence-electron chi connectivity index (χ2n) is 3.64. The van der Waals surface area contributed by atoms with Gasteiger partial charge in [0.25, 0.3) is 0 Å². The fourth-order valence-corrected chi connectivity index (χ4v) is 3.61. The smallest absolute Gasteiger partial charge is 0.203 e. The molecule has 1 aliphatic heterocycles. The lowest BCUT2D eigenvalue weighted by Gasteiger charge is -2.01. The highest BCUT2D eigenvalue weighted by molar-refractivity contribution is 7.95. The molecule has 0 atom stereocenters. The number of carbonyl (C=O) groups is 1. The van der Waals surface area contributed by atoms with Gasteiger partial charge in [-0.15, -0.1) is 0 Å². The van der Waals surface area contributed by atoms with Crippen LogP contribution in [-0.2, 0) is 14.6 Å². The summed E-state index contributed by atoms with van der Waals surface area (Å²) in [5.74, 6) is -0.182. The second kappa shape index (κ2) is 3.71. The van der Waals surface area contributed by atoms with Crippen molar-refractivity contribution < 1.29 is 13.2 Å². The molecule has 0 bridgehead atoms. The van der Waals surface area contributed by atoms with E-state index in [4.69, 9.17) is 11.6 Å². The molecule has 0 radical (unpaired) electrons. The van der Waals surface area contributed by atoms with E-state index in [0.717, 1.165) is 0 Å². The minimum absolute atomic E-state index is 0.0760. The second-order valence-corrected chi connectivity index (χ2v) is 6.02. The predicted octanol–water partition coefficient (Wildman–Crippen LogP) is 2.45. The third kappa shape index (κ3) is 1.68. The molecule has 16 heavy (non-hydrogen) atoms. The Morgan fingerprint density at radius 3 is 2.62 bits per heavy atom. The first-order valence-electron chi connectivity index (χ1n) is 4.66.